The van der Waals surface area contributed by atoms with E-state index in [4.69, 9.17) is 0 Å². The second-order valence-electron chi connectivity index (χ2n) is 0.656. The molecule has 0 aliphatic heterocycles. The third-order valence-electron chi connectivity index (χ3n) is 0.331. The Morgan fingerprint density at radius 3 is 1.50 bits per heavy atom. The van der Waals surface area contributed by atoms with Crippen molar-refractivity contribution in [1.29, 1.82) is 0 Å². The number of aromatic amines is 1. The topological polar surface area (TPSA) is 105 Å². The van der Waals surface area contributed by atoms with E-state index < -0.39 is 0 Å². The normalized spacial score (nSPS) is 5.00. The van der Waals surface area contributed by atoms with Gasteiger partial charge in [0.05, 0.1) is 12.4 Å². The molecule has 1 heterocycles. The zero-order valence-corrected chi connectivity index (χ0v) is 6.55. The van der Waals surface area contributed by atoms with E-state index in [0.29, 0.717) is 0 Å². The second-order valence-corrected chi connectivity index (χ2v) is 0.656. The third kappa shape index (κ3) is 6.06. The average molecular weight is 128 g/mol. The zero-order chi connectivity index (χ0) is 3.54. The molecule has 0 spiro atoms. The molecule has 0 aliphatic rings. The Morgan fingerprint density at radius 2 is 1.38 bits per heavy atom. The van der Waals surface area contributed by atoms with Crippen molar-refractivity contribution in [1.82, 2.24) is 15.4 Å². The van der Waals surface area contributed by atoms with Crippen molar-refractivity contribution in [3.8, 4) is 0 Å². The van der Waals surface area contributed by atoms with Gasteiger partial charge in [-0.25, -0.2) is 0 Å². The minimum Gasteiger partial charge on any atom is -0.412 e. The van der Waals surface area contributed by atoms with Gasteiger partial charge in [0.2, 0.25) is 0 Å². The number of nitrogens with one attached hydrogen (secondary N) is 1. The quantitative estimate of drug-likeness (QED) is 0.399. The molecule has 0 bridgehead atoms. The molecule has 8 heavy (non-hydrogen) atoms. The average Bonchev–Trinajstić information content (AvgIpc) is 1.76. The summed E-state index contributed by atoms with van der Waals surface area (Å²) in [4.78, 5) is 0. The smallest absolute Gasteiger partial charge is 0.0690 e. The van der Waals surface area contributed by atoms with Gasteiger partial charge < -0.3 is 11.0 Å². The second kappa shape index (κ2) is 10.1. The Bertz CT molecular complexity index is 71.8. The maximum absolute atomic E-state index is 3.49. The fourth-order valence-corrected chi connectivity index (χ4v) is 0.167. The van der Waals surface area contributed by atoms with Gasteiger partial charge in [0.1, 0.15) is 0 Å². The molecule has 0 amide bonds. The van der Waals surface area contributed by atoms with Crippen LogP contribution in [-0.4, -0.2) is 55.9 Å². The summed E-state index contributed by atoms with van der Waals surface area (Å²) in [5, 5.41) is 9.33. The van der Waals surface area contributed by atoms with E-state index in [1.807, 2.05) is 0 Å². The molecule has 1 radical (unpaired) electrons. The van der Waals surface area contributed by atoms with Crippen LogP contribution in [0.25, 0.3) is 0 Å². The monoisotopic (exact) mass is 128 g/mol. The van der Waals surface area contributed by atoms with E-state index in [-0.39, 0.29) is 40.5 Å². The number of hydrogen-bond donors (Lipinski definition) is 1. The summed E-state index contributed by atoms with van der Waals surface area (Å²) in [5.41, 5.74) is 0. The van der Waals surface area contributed by atoms with Crippen LogP contribution in [0.3, 0.4) is 0 Å². The van der Waals surface area contributed by atoms with Crippen LogP contribution in [0.2, 0.25) is 0 Å². The fraction of sp³-hybridized carbons (Fsp3) is 0. The largest absolute Gasteiger partial charge is 0.412 e. The van der Waals surface area contributed by atoms with Crippen LogP contribution in [0.4, 0.5) is 0 Å². The van der Waals surface area contributed by atoms with Crippen molar-refractivity contribution < 1.29 is 11.0 Å². The maximum Gasteiger partial charge on any atom is 0.0690 e. The van der Waals surface area contributed by atoms with Crippen molar-refractivity contribution >= 4 is 29.6 Å². The fourth-order valence-electron chi connectivity index (χ4n) is 0.167. The van der Waals surface area contributed by atoms with Gasteiger partial charge in [-0.1, -0.05) is 0 Å². The first-order chi connectivity index (χ1) is 2.50. The summed E-state index contributed by atoms with van der Waals surface area (Å²) in [5.74, 6) is 0. The number of aromatic nitrogens is 3. The van der Waals surface area contributed by atoms with Gasteiger partial charge in [-0.2, -0.15) is 15.4 Å². The Balaban J connectivity index is -0.0000000833. The molecule has 0 atom stereocenters. The Labute approximate surface area is 68.4 Å². The zero-order valence-electron chi connectivity index (χ0n) is 4.55. The van der Waals surface area contributed by atoms with Gasteiger partial charge >= 0.3 is 0 Å². The van der Waals surface area contributed by atoms with Gasteiger partial charge in [0.25, 0.3) is 0 Å². The summed E-state index contributed by atoms with van der Waals surface area (Å²) in [7, 11) is 0. The van der Waals surface area contributed by atoms with Gasteiger partial charge in [-0.3, -0.25) is 0 Å². The summed E-state index contributed by atoms with van der Waals surface area (Å²) in [6, 6.07) is 0. The molecule has 0 unspecified atom stereocenters. The number of hydrogen-bond acceptors (Lipinski definition) is 2. The molecule has 0 saturated carbocycles. The van der Waals surface area contributed by atoms with Gasteiger partial charge in [0, 0.05) is 29.6 Å². The third-order valence-corrected chi connectivity index (χ3v) is 0.331. The molecule has 0 aromatic carbocycles. The molecular weight excluding hydrogens is 121 g/mol. The van der Waals surface area contributed by atoms with Crippen molar-refractivity contribution in [3.63, 3.8) is 0 Å². The van der Waals surface area contributed by atoms with Crippen molar-refractivity contribution in [2.75, 3.05) is 0 Å². The molecule has 6 heteroatoms. The Kier molecular flexibility index (Phi) is 19.9. The predicted octanol–water partition coefficient (Wildman–Crippen LogP) is -2.23. The van der Waals surface area contributed by atoms with Crippen LogP contribution in [0.1, 0.15) is 0 Å². The van der Waals surface area contributed by atoms with E-state index in [0.717, 1.165) is 0 Å². The molecule has 5 N–H and O–H groups in total. The molecule has 0 aliphatic carbocycles. The van der Waals surface area contributed by atoms with E-state index in [2.05, 4.69) is 15.4 Å². The van der Waals surface area contributed by atoms with Crippen LogP contribution in [-0.2, 0) is 0 Å². The first kappa shape index (κ1) is 15.7. The minimum atomic E-state index is 0. The van der Waals surface area contributed by atoms with Crippen LogP contribution in [0, 0.1) is 0 Å². The summed E-state index contributed by atoms with van der Waals surface area (Å²) in [6.07, 6.45) is 3.17. The van der Waals surface area contributed by atoms with Gasteiger partial charge in [-0.15, -0.1) is 0 Å². The van der Waals surface area contributed by atoms with Crippen LogP contribution in [0.15, 0.2) is 12.4 Å². The van der Waals surface area contributed by atoms with E-state index in [1.54, 1.807) is 12.4 Å². The summed E-state index contributed by atoms with van der Waals surface area (Å²) in [6.45, 7) is 0. The van der Waals surface area contributed by atoms with Crippen LogP contribution in [0.5, 0.6) is 0 Å². The van der Waals surface area contributed by atoms with E-state index in [9.17, 15) is 0 Å². The molecule has 1 aromatic heterocycles. The van der Waals surface area contributed by atoms with Gasteiger partial charge in [-0.05, 0) is 0 Å². The number of rotatable bonds is 0. The number of nitrogens with zero attached hydrogens (tertiary/aromatic N) is 2. The van der Waals surface area contributed by atoms with E-state index >= 15 is 0 Å². The van der Waals surface area contributed by atoms with Crippen molar-refractivity contribution in [2.24, 2.45) is 0 Å². The predicted molar refractivity (Wildman–Crippen MR) is 29.4 cm³/mol. The molecule has 0 saturated heterocycles. The molecule has 43 valence electrons. The SMILES string of the molecule is O.O.[Na].c1cn[nH]n1. The Hall–Kier alpha value is 0.0600. The molecule has 5 nitrogen and oxygen atoms in total. The molecule has 1 aromatic rings. The number of H-pyrrole nitrogens is 1. The van der Waals surface area contributed by atoms with E-state index in [1.165, 1.54) is 0 Å². The molecule has 1 rings (SSSR count). The maximum atomic E-state index is 3.49. The minimum absolute atomic E-state index is 0. The Morgan fingerprint density at radius 1 is 1.00 bits per heavy atom. The van der Waals surface area contributed by atoms with Crippen molar-refractivity contribution in [3.05, 3.63) is 12.4 Å². The standard InChI is InChI=1S/C2H3N3.Na.2H2O/c1-2-4-5-3-1;;;/h1-2H,(H,3,4,5);;2*1H2. The van der Waals surface area contributed by atoms with Crippen molar-refractivity contribution in [2.45, 2.75) is 0 Å². The van der Waals surface area contributed by atoms with Crippen LogP contribution < -0.4 is 0 Å². The van der Waals surface area contributed by atoms with Crippen LogP contribution >= 0.6 is 0 Å². The first-order valence-corrected chi connectivity index (χ1v) is 1.30. The molecule has 0 fully saturated rings. The molecular formula is C2H7N3NaO2. The summed E-state index contributed by atoms with van der Waals surface area (Å²) < 4.78 is 0. The van der Waals surface area contributed by atoms with Gasteiger partial charge in [0.15, 0.2) is 0 Å². The first-order valence-electron chi connectivity index (χ1n) is 1.30. The summed E-state index contributed by atoms with van der Waals surface area (Å²) >= 11 is 0.